The Morgan fingerprint density at radius 3 is 2.86 bits per heavy atom. The lowest BCUT2D eigenvalue weighted by Crippen LogP contribution is -2.14. The lowest BCUT2D eigenvalue weighted by atomic mass is 10.1. The van der Waals surface area contributed by atoms with Gasteiger partial charge in [-0.1, -0.05) is 17.3 Å². The van der Waals surface area contributed by atoms with Crippen molar-refractivity contribution in [2.45, 2.75) is 20.3 Å². The topological polar surface area (TPSA) is 75.4 Å². The van der Waals surface area contributed by atoms with Crippen LogP contribution in [-0.2, 0) is 11.2 Å². The molecular formula is C17H16N2O3. The number of amides is 1. The maximum Gasteiger partial charge on any atom is 0.230 e. The van der Waals surface area contributed by atoms with Gasteiger partial charge >= 0.3 is 0 Å². The average molecular weight is 296 g/mol. The molecular weight excluding hydrogens is 280 g/mol. The molecule has 1 aromatic heterocycles. The van der Waals surface area contributed by atoms with Crippen molar-refractivity contribution in [2.24, 2.45) is 0 Å². The number of nitrogens with zero attached hydrogens (tertiary/aromatic N) is 1. The summed E-state index contributed by atoms with van der Waals surface area (Å²) < 4.78 is 5.34. The number of phenols is 1. The molecule has 0 atom stereocenters. The third kappa shape index (κ3) is 2.79. The Balaban J connectivity index is 1.82. The minimum atomic E-state index is -0.208. The van der Waals surface area contributed by atoms with Crippen molar-refractivity contribution in [3.05, 3.63) is 53.2 Å². The number of benzene rings is 2. The van der Waals surface area contributed by atoms with Gasteiger partial charge in [-0.3, -0.25) is 4.79 Å². The normalized spacial score (nSPS) is 10.8. The first-order chi connectivity index (χ1) is 10.5. The number of aromatic nitrogens is 1. The highest BCUT2D eigenvalue weighted by Gasteiger charge is 2.14. The molecule has 22 heavy (non-hydrogen) atoms. The highest BCUT2D eigenvalue weighted by molar-refractivity contribution is 5.95. The van der Waals surface area contributed by atoms with Gasteiger partial charge in [-0.2, -0.15) is 0 Å². The highest BCUT2D eigenvalue weighted by Crippen LogP contribution is 2.24. The molecule has 0 aliphatic carbocycles. The largest absolute Gasteiger partial charge is 0.508 e. The van der Waals surface area contributed by atoms with Crippen molar-refractivity contribution in [2.75, 3.05) is 5.32 Å². The molecule has 0 saturated carbocycles. The van der Waals surface area contributed by atoms with Gasteiger partial charge < -0.3 is 14.9 Å². The van der Waals surface area contributed by atoms with Crippen LogP contribution in [0.25, 0.3) is 11.0 Å². The van der Waals surface area contributed by atoms with Gasteiger partial charge in [0.05, 0.1) is 6.42 Å². The Morgan fingerprint density at radius 1 is 1.27 bits per heavy atom. The molecule has 0 bridgehead atoms. The number of aromatic hydroxyl groups is 1. The van der Waals surface area contributed by atoms with Crippen molar-refractivity contribution < 1.29 is 14.4 Å². The fourth-order valence-corrected chi connectivity index (χ4v) is 2.51. The zero-order valence-electron chi connectivity index (χ0n) is 12.4. The Labute approximate surface area is 127 Å². The molecule has 0 aliphatic heterocycles. The van der Waals surface area contributed by atoms with E-state index in [-0.39, 0.29) is 18.1 Å². The molecule has 0 unspecified atom stereocenters. The maximum absolute atomic E-state index is 12.1. The van der Waals surface area contributed by atoms with Crippen molar-refractivity contribution in [3.8, 4) is 5.75 Å². The van der Waals surface area contributed by atoms with Gasteiger partial charge in [-0.15, -0.1) is 0 Å². The summed E-state index contributed by atoms with van der Waals surface area (Å²) in [5.74, 6) is -0.101. The van der Waals surface area contributed by atoms with E-state index in [9.17, 15) is 9.90 Å². The molecule has 3 rings (SSSR count). The van der Waals surface area contributed by atoms with Crippen LogP contribution >= 0.6 is 0 Å². The van der Waals surface area contributed by atoms with E-state index >= 15 is 0 Å². The number of anilines is 1. The minimum Gasteiger partial charge on any atom is -0.508 e. The SMILES string of the molecule is Cc1cc(C)c2onc(CC(=O)Nc3cccc(O)c3)c2c1. The van der Waals surface area contributed by atoms with Gasteiger partial charge in [0.1, 0.15) is 11.4 Å². The smallest absolute Gasteiger partial charge is 0.230 e. The van der Waals surface area contributed by atoms with Crippen LogP contribution in [-0.4, -0.2) is 16.2 Å². The molecule has 112 valence electrons. The van der Waals surface area contributed by atoms with Crippen LogP contribution in [0, 0.1) is 13.8 Å². The predicted molar refractivity (Wildman–Crippen MR) is 83.9 cm³/mol. The number of rotatable bonds is 3. The molecule has 5 nitrogen and oxygen atoms in total. The van der Waals surface area contributed by atoms with E-state index < -0.39 is 0 Å². The predicted octanol–water partition coefficient (Wildman–Crippen LogP) is 3.33. The first kappa shape index (κ1) is 14.1. The van der Waals surface area contributed by atoms with Gasteiger partial charge in [0.2, 0.25) is 5.91 Å². The first-order valence-electron chi connectivity index (χ1n) is 6.97. The second-order valence-electron chi connectivity index (χ2n) is 5.36. The van der Waals surface area contributed by atoms with Crippen LogP contribution in [0.15, 0.2) is 40.9 Å². The number of nitrogens with one attached hydrogen (secondary N) is 1. The number of fused-ring (bicyclic) bond motifs is 1. The molecule has 0 saturated heterocycles. The van der Waals surface area contributed by atoms with Gasteiger partial charge in [0.15, 0.2) is 5.58 Å². The van der Waals surface area contributed by atoms with Crippen molar-refractivity contribution in [3.63, 3.8) is 0 Å². The fraction of sp³-hybridized carbons (Fsp3) is 0.176. The van der Waals surface area contributed by atoms with Crippen LogP contribution in [0.2, 0.25) is 0 Å². The minimum absolute atomic E-state index is 0.107. The summed E-state index contributed by atoms with van der Waals surface area (Å²) in [6.45, 7) is 3.95. The van der Waals surface area contributed by atoms with E-state index in [1.165, 1.54) is 6.07 Å². The quantitative estimate of drug-likeness (QED) is 0.777. The summed E-state index contributed by atoms with van der Waals surface area (Å²) in [6.07, 6.45) is 0.117. The van der Waals surface area contributed by atoms with Gasteiger partial charge in [0, 0.05) is 17.1 Å². The van der Waals surface area contributed by atoms with E-state index in [1.807, 2.05) is 26.0 Å². The molecule has 1 heterocycles. The summed E-state index contributed by atoms with van der Waals surface area (Å²) in [5, 5.41) is 17.0. The Hall–Kier alpha value is -2.82. The van der Waals surface area contributed by atoms with E-state index in [0.717, 1.165) is 16.5 Å². The Kier molecular flexibility index (Phi) is 3.55. The molecule has 2 N–H and O–H groups in total. The maximum atomic E-state index is 12.1. The summed E-state index contributed by atoms with van der Waals surface area (Å²) in [6, 6.07) is 10.4. The Bertz CT molecular complexity index is 852. The first-order valence-corrected chi connectivity index (χ1v) is 6.97. The third-order valence-electron chi connectivity index (χ3n) is 3.43. The van der Waals surface area contributed by atoms with Crippen LogP contribution < -0.4 is 5.32 Å². The second-order valence-corrected chi connectivity index (χ2v) is 5.36. The highest BCUT2D eigenvalue weighted by atomic mass is 16.5. The number of carbonyl (C=O) groups excluding carboxylic acids is 1. The van der Waals surface area contributed by atoms with E-state index in [2.05, 4.69) is 10.5 Å². The van der Waals surface area contributed by atoms with Crippen LogP contribution in [0.3, 0.4) is 0 Å². The molecule has 3 aromatic rings. The van der Waals surface area contributed by atoms with Gasteiger partial charge in [-0.05, 0) is 43.2 Å². The zero-order chi connectivity index (χ0) is 15.7. The number of carbonyl (C=O) groups is 1. The lowest BCUT2D eigenvalue weighted by molar-refractivity contribution is -0.115. The Morgan fingerprint density at radius 2 is 2.09 bits per heavy atom. The summed E-state index contributed by atoms with van der Waals surface area (Å²) in [4.78, 5) is 12.1. The van der Waals surface area contributed by atoms with Crippen molar-refractivity contribution in [1.29, 1.82) is 0 Å². The lowest BCUT2D eigenvalue weighted by Gasteiger charge is -2.04. The molecule has 5 heteroatoms. The zero-order valence-corrected chi connectivity index (χ0v) is 12.4. The number of phenolic OH excluding ortho intramolecular Hbond substituents is 1. The van der Waals surface area contributed by atoms with Crippen LogP contribution in [0.1, 0.15) is 16.8 Å². The third-order valence-corrected chi connectivity index (χ3v) is 3.43. The van der Waals surface area contributed by atoms with Crippen LogP contribution in [0.5, 0.6) is 5.75 Å². The van der Waals surface area contributed by atoms with E-state index in [1.54, 1.807) is 18.2 Å². The molecule has 0 aliphatic rings. The molecule has 0 fully saturated rings. The molecule has 1 amide bonds. The molecule has 2 aromatic carbocycles. The number of aryl methyl sites for hydroxylation is 2. The van der Waals surface area contributed by atoms with Crippen molar-refractivity contribution >= 4 is 22.6 Å². The van der Waals surface area contributed by atoms with Gasteiger partial charge in [0.25, 0.3) is 0 Å². The van der Waals surface area contributed by atoms with Gasteiger partial charge in [-0.25, -0.2) is 0 Å². The fourth-order valence-electron chi connectivity index (χ4n) is 2.51. The second kappa shape index (κ2) is 5.52. The molecule has 0 spiro atoms. The van der Waals surface area contributed by atoms with E-state index in [0.29, 0.717) is 17.0 Å². The van der Waals surface area contributed by atoms with E-state index in [4.69, 9.17) is 4.52 Å². The summed E-state index contributed by atoms with van der Waals surface area (Å²) >= 11 is 0. The monoisotopic (exact) mass is 296 g/mol. The standard InChI is InChI=1S/C17H16N2O3/c1-10-6-11(2)17-14(7-10)15(19-22-17)9-16(21)18-12-4-3-5-13(20)8-12/h3-8,20H,9H2,1-2H3,(H,18,21). The van der Waals surface area contributed by atoms with Crippen molar-refractivity contribution in [1.82, 2.24) is 5.16 Å². The van der Waals surface area contributed by atoms with Crippen LogP contribution in [0.4, 0.5) is 5.69 Å². The molecule has 0 radical (unpaired) electrons. The number of hydrogen-bond donors (Lipinski definition) is 2. The average Bonchev–Trinajstić information content (AvgIpc) is 2.82. The summed E-state index contributed by atoms with van der Waals surface area (Å²) in [5.41, 5.74) is 3.97. The summed E-state index contributed by atoms with van der Waals surface area (Å²) in [7, 11) is 0. The number of hydrogen-bond acceptors (Lipinski definition) is 4.